The molecular weight excluding hydrogens is 252 g/mol. The van der Waals surface area contributed by atoms with Crippen molar-refractivity contribution in [1.82, 2.24) is 0 Å². The van der Waals surface area contributed by atoms with Crippen LogP contribution >= 0.6 is 0 Å². The van der Waals surface area contributed by atoms with Gasteiger partial charge in [0.1, 0.15) is 0 Å². The Balaban J connectivity index is 2.17. The highest BCUT2D eigenvalue weighted by atomic mass is 14.2. The molecule has 0 radical (unpaired) electrons. The van der Waals surface area contributed by atoms with Crippen LogP contribution in [0.2, 0.25) is 0 Å². The Morgan fingerprint density at radius 3 is 2.48 bits per heavy atom. The Kier molecular flexibility index (Phi) is 2.99. The summed E-state index contributed by atoms with van der Waals surface area (Å²) in [6.07, 6.45) is 7.36. The van der Waals surface area contributed by atoms with E-state index >= 15 is 0 Å². The van der Waals surface area contributed by atoms with Gasteiger partial charge in [-0.05, 0) is 63.6 Å². The summed E-state index contributed by atoms with van der Waals surface area (Å²) in [4.78, 5) is 0. The number of hydrogen-bond donors (Lipinski definition) is 0. The highest BCUT2D eigenvalue weighted by Gasteiger charge is 2.16. The number of benzene rings is 2. The van der Waals surface area contributed by atoms with E-state index in [-0.39, 0.29) is 0 Å². The molecule has 0 saturated carbocycles. The third kappa shape index (κ3) is 1.97. The molecule has 0 amide bonds. The maximum atomic E-state index is 2.40. The van der Waals surface area contributed by atoms with Crippen LogP contribution in [0, 0.1) is 16.4 Å². The molecule has 0 spiro atoms. The Hall–Kier alpha value is -1.82. The fourth-order valence-corrected chi connectivity index (χ4v) is 4.09. The van der Waals surface area contributed by atoms with Crippen molar-refractivity contribution < 1.29 is 0 Å². The molecule has 106 valence electrons. The van der Waals surface area contributed by atoms with Crippen LogP contribution in [0.15, 0.2) is 36.4 Å². The van der Waals surface area contributed by atoms with Gasteiger partial charge in [-0.25, -0.2) is 0 Å². The van der Waals surface area contributed by atoms with Crippen LogP contribution in [0.25, 0.3) is 11.6 Å². The first-order valence-corrected chi connectivity index (χ1v) is 8.19. The van der Waals surface area contributed by atoms with Gasteiger partial charge in [0.2, 0.25) is 0 Å². The summed E-state index contributed by atoms with van der Waals surface area (Å²) < 4.78 is 0. The summed E-state index contributed by atoms with van der Waals surface area (Å²) in [5.41, 5.74) is 4.88. The third-order valence-electron chi connectivity index (χ3n) is 5.12. The van der Waals surface area contributed by atoms with Gasteiger partial charge in [-0.2, -0.15) is 0 Å². The molecule has 0 aliphatic heterocycles. The highest BCUT2D eigenvalue weighted by molar-refractivity contribution is 5.55. The van der Waals surface area contributed by atoms with Crippen molar-refractivity contribution in [2.75, 3.05) is 0 Å². The molecule has 0 bridgehead atoms. The molecule has 0 nitrogen and oxygen atoms in total. The van der Waals surface area contributed by atoms with Crippen LogP contribution in [0.5, 0.6) is 0 Å². The van der Waals surface area contributed by atoms with E-state index in [1.165, 1.54) is 34.9 Å². The Morgan fingerprint density at radius 1 is 0.810 bits per heavy atom. The molecule has 2 aliphatic carbocycles. The summed E-state index contributed by atoms with van der Waals surface area (Å²) in [6.45, 7) is 4.68. The first-order valence-electron chi connectivity index (χ1n) is 8.19. The van der Waals surface area contributed by atoms with Crippen LogP contribution < -0.4 is 10.4 Å². The minimum atomic E-state index is 0.668. The van der Waals surface area contributed by atoms with Gasteiger partial charge in [-0.15, -0.1) is 0 Å². The first-order chi connectivity index (χ1) is 10.3. The van der Waals surface area contributed by atoms with Gasteiger partial charge in [-0.3, -0.25) is 0 Å². The SMILES string of the molecule is CC(C)C1=c2ccc3c(c2CCC1)CC=c1ccccc1=3. The van der Waals surface area contributed by atoms with Crippen molar-refractivity contribution in [1.29, 1.82) is 0 Å². The molecule has 0 unspecified atom stereocenters. The molecule has 4 rings (SSSR count). The standard InChI is InChI=1S/C21H22/c1-14(2)16-8-5-9-18-19(16)12-13-20-17-7-4-3-6-15(17)10-11-21(18)20/h3-4,6-7,10,12-14H,5,8-9,11H2,1-2H3. The van der Waals surface area contributed by atoms with Crippen molar-refractivity contribution >= 4 is 11.6 Å². The fourth-order valence-electron chi connectivity index (χ4n) is 4.09. The lowest BCUT2D eigenvalue weighted by Crippen LogP contribution is -2.24. The summed E-state index contributed by atoms with van der Waals surface area (Å²) in [6, 6.07) is 13.6. The highest BCUT2D eigenvalue weighted by Crippen LogP contribution is 2.25. The summed E-state index contributed by atoms with van der Waals surface area (Å²) in [5.74, 6) is 0.668. The Morgan fingerprint density at radius 2 is 1.62 bits per heavy atom. The van der Waals surface area contributed by atoms with Gasteiger partial charge >= 0.3 is 0 Å². The largest absolute Gasteiger partial charge is 0.0722 e. The van der Waals surface area contributed by atoms with E-state index in [1.54, 1.807) is 21.9 Å². The lowest BCUT2D eigenvalue weighted by molar-refractivity contribution is 0.726. The number of hydrogen-bond acceptors (Lipinski definition) is 0. The third-order valence-corrected chi connectivity index (χ3v) is 5.12. The van der Waals surface area contributed by atoms with Crippen molar-refractivity contribution in [3.8, 4) is 0 Å². The zero-order chi connectivity index (χ0) is 14.4. The Labute approximate surface area is 126 Å². The molecule has 0 N–H and O–H groups in total. The van der Waals surface area contributed by atoms with Crippen LogP contribution in [0.3, 0.4) is 0 Å². The predicted molar refractivity (Wildman–Crippen MR) is 89.2 cm³/mol. The summed E-state index contributed by atoms with van der Waals surface area (Å²) in [7, 11) is 0. The molecule has 2 aromatic rings. The molecule has 2 aromatic carbocycles. The average Bonchev–Trinajstić information content (AvgIpc) is 2.53. The summed E-state index contributed by atoms with van der Waals surface area (Å²) in [5, 5.41) is 5.84. The van der Waals surface area contributed by atoms with E-state index in [0.717, 1.165) is 6.42 Å². The van der Waals surface area contributed by atoms with Gasteiger partial charge in [0, 0.05) is 0 Å². The molecule has 0 saturated heterocycles. The van der Waals surface area contributed by atoms with Crippen LogP contribution in [-0.4, -0.2) is 0 Å². The molecule has 0 fully saturated rings. The van der Waals surface area contributed by atoms with E-state index in [1.807, 2.05) is 0 Å². The zero-order valence-corrected chi connectivity index (χ0v) is 12.9. The van der Waals surface area contributed by atoms with Crippen LogP contribution in [0.4, 0.5) is 0 Å². The van der Waals surface area contributed by atoms with E-state index < -0.39 is 0 Å². The van der Waals surface area contributed by atoms with Crippen molar-refractivity contribution in [3.05, 3.63) is 68.4 Å². The van der Waals surface area contributed by atoms with Gasteiger partial charge in [0.15, 0.2) is 0 Å². The second kappa shape index (κ2) is 4.87. The molecule has 2 aliphatic rings. The summed E-state index contributed by atoms with van der Waals surface area (Å²) >= 11 is 0. The number of rotatable bonds is 1. The van der Waals surface area contributed by atoms with Gasteiger partial charge in [0.25, 0.3) is 0 Å². The monoisotopic (exact) mass is 274 g/mol. The van der Waals surface area contributed by atoms with Gasteiger partial charge < -0.3 is 0 Å². The topological polar surface area (TPSA) is 0 Å². The lowest BCUT2D eigenvalue weighted by Gasteiger charge is -2.22. The number of fused-ring (bicyclic) bond motifs is 4. The Bertz CT molecular complexity index is 913. The second-order valence-corrected chi connectivity index (χ2v) is 6.65. The van der Waals surface area contributed by atoms with E-state index in [4.69, 9.17) is 0 Å². The molecule has 21 heavy (non-hydrogen) atoms. The van der Waals surface area contributed by atoms with Crippen molar-refractivity contribution in [3.63, 3.8) is 0 Å². The van der Waals surface area contributed by atoms with Gasteiger partial charge in [-0.1, -0.05) is 61.9 Å². The van der Waals surface area contributed by atoms with Gasteiger partial charge in [0.05, 0.1) is 0 Å². The average molecular weight is 274 g/mol. The normalized spacial score (nSPS) is 16.0. The molecule has 0 heterocycles. The quantitative estimate of drug-likeness (QED) is 0.747. The molecule has 0 heteroatoms. The maximum absolute atomic E-state index is 2.40. The fraction of sp³-hybridized carbons (Fsp3) is 0.333. The maximum Gasteiger partial charge on any atom is -0.00791 e. The lowest BCUT2D eigenvalue weighted by atomic mass is 9.83. The first kappa shape index (κ1) is 12.9. The van der Waals surface area contributed by atoms with Crippen molar-refractivity contribution in [2.45, 2.75) is 39.5 Å². The second-order valence-electron chi connectivity index (χ2n) is 6.65. The predicted octanol–water partition coefficient (Wildman–Crippen LogP) is 3.45. The minimum absolute atomic E-state index is 0.668. The van der Waals surface area contributed by atoms with E-state index in [0.29, 0.717) is 5.92 Å². The van der Waals surface area contributed by atoms with Crippen LogP contribution in [0.1, 0.15) is 37.8 Å². The van der Waals surface area contributed by atoms with E-state index in [9.17, 15) is 0 Å². The minimum Gasteiger partial charge on any atom is -0.0722 e. The molecule has 0 atom stereocenters. The van der Waals surface area contributed by atoms with E-state index in [2.05, 4.69) is 56.3 Å². The van der Waals surface area contributed by atoms with Crippen LogP contribution in [-0.2, 0) is 12.8 Å². The van der Waals surface area contributed by atoms with Crippen molar-refractivity contribution in [2.24, 2.45) is 5.92 Å². The molecule has 0 aromatic heterocycles. The molecular formula is C21H22. The smallest absolute Gasteiger partial charge is 0.00791 e. The zero-order valence-electron chi connectivity index (χ0n) is 12.9.